The second-order valence-corrected chi connectivity index (χ2v) is 5.45. The number of carboxylic acid groups (broad SMARTS) is 1. The molecule has 1 amide bonds. The van der Waals surface area contributed by atoms with E-state index in [-0.39, 0.29) is 11.6 Å². The van der Waals surface area contributed by atoms with Crippen molar-refractivity contribution in [3.63, 3.8) is 0 Å². The molecular weight excluding hydrogens is 277 g/mol. The number of hydrogen-bond acceptors (Lipinski definition) is 3. The number of phenols is 1. The molecule has 0 radical (unpaired) electrons. The van der Waals surface area contributed by atoms with E-state index < -0.39 is 35.3 Å². The number of benzene rings is 1. The zero-order chi connectivity index (χ0) is 15.6. The summed E-state index contributed by atoms with van der Waals surface area (Å²) in [5.74, 6) is -3.80. The van der Waals surface area contributed by atoms with Gasteiger partial charge in [0.05, 0.1) is 11.8 Å². The third-order valence-electron chi connectivity index (χ3n) is 4.11. The molecule has 21 heavy (non-hydrogen) atoms. The van der Waals surface area contributed by atoms with Crippen LogP contribution in [0.4, 0.5) is 10.1 Å². The first-order valence-electron chi connectivity index (χ1n) is 6.94. The molecule has 0 aromatic heterocycles. The minimum Gasteiger partial charge on any atom is -0.505 e. The van der Waals surface area contributed by atoms with Gasteiger partial charge >= 0.3 is 5.97 Å². The first-order chi connectivity index (χ1) is 9.92. The van der Waals surface area contributed by atoms with E-state index in [0.29, 0.717) is 12.8 Å². The van der Waals surface area contributed by atoms with Gasteiger partial charge in [-0.05, 0) is 30.9 Å². The lowest BCUT2D eigenvalue weighted by atomic mass is 9.95. The average Bonchev–Trinajstić information content (AvgIpc) is 2.87. The number of hydrogen-bond donors (Lipinski definition) is 3. The van der Waals surface area contributed by atoms with Gasteiger partial charge in [-0.15, -0.1) is 0 Å². The van der Waals surface area contributed by atoms with Crippen molar-refractivity contribution in [2.24, 2.45) is 17.8 Å². The number of phenolic OH excluding ortho intramolecular Hbond substituents is 1. The zero-order valence-electron chi connectivity index (χ0n) is 11.7. The van der Waals surface area contributed by atoms with Crippen molar-refractivity contribution >= 4 is 17.6 Å². The van der Waals surface area contributed by atoms with E-state index in [4.69, 9.17) is 5.11 Å². The van der Waals surface area contributed by atoms with E-state index in [2.05, 4.69) is 5.32 Å². The van der Waals surface area contributed by atoms with Crippen LogP contribution in [0.1, 0.15) is 26.2 Å². The van der Waals surface area contributed by atoms with E-state index in [1.807, 2.05) is 6.92 Å². The van der Waals surface area contributed by atoms with Gasteiger partial charge in [0.15, 0.2) is 11.6 Å². The minimum atomic E-state index is -0.969. The van der Waals surface area contributed by atoms with Crippen LogP contribution in [0.2, 0.25) is 0 Å². The van der Waals surface area contributed by atoms with Crippen molar-refractivity contribution < 1.29 is 24.2 Å². The number of amides is 1. The van der Waals surface area contributed by atoms with Gasteiger partial charge in [0.2, 0.25) is 5.91 Å². The van der Waals surface area contributed by atoms with Crippen LogP contribution in [0.5, 0.6) is 5.75 Å². The molecule has 3 unspecified atom stereocenters. The summed E-state index contributed by atoms with van der Waals surface area (Å²) in [5.41, 5.74) is 0.208. The average molecular weight is 295 g/mol. The smallest absolute Gasteiger partial charge is 0.307 e. The molecule has 1 aromatic rings. The third-order valence-corrected chi connectivity index (χ3v) is 4.11. The molecule has 0 heterocycles. The number of carbonyl (C=O) groups excluding carboxylic acids is 1. The largest absolute Gasteiger partial charge is 0.505 e. The summed E-state index contributed by atoms with van der Waals surface area (Å²) in [6.45, 7) is 1.97. The summed E-state index contributed by atoms with van der Waals surface area (Å²) in [4.78, 5) is 23.5. The minimum absolute atomic E-state index is 0.208. The van der Waals surface area contributed by atoms with E-state index >= 15 is 0 Å². The SMILES string of the molecule is CCC1CC(C(=O)O)C(C(=O)Nc2ccc(O)c(F)c2)C1. The fourth-order valence-electron chi connectivity index (χ4n) is 2.86. The Hall–Kier alpha value is -2.11. The fraction of sp³-hybridized carbons (Fsp3) is 0.467. The molecule has 114 valence electrons. The lowest BCUT2D eigenvalue weighted by Crippen LogP contribution is -2.30. The van der Waals surface area contributed by atoms with Crippen LogP contribution in [-0.4, -0.2) is 22.1 Å². The molecule has 2 rings (SSSR count). The Morgan fingerprint density at radius 1 is 1.33 bits per heavy atom. The fourth-order valence-corrected chi connectivity index (χ4v) is 2.86. The van der Waals surface area contributed by atoms with E-state index in [9.17, 15) is 19.1 Å². The summed E-state index contributed by atoms with van der Waals surface area (Å²) < 4.78 is 13.2. The quantitative estimate of drug-likeness (QED) is 0.745. The molecule has 6 heteroatoms. The van der Waals surface area contributed by atoms with Crippen LogP contribution >= 0.6 is 0 Å². The van der Waals surface area contributed by atoms with Crippen molar-refractivity contribution in [1.29, 1.82) is 0 Å². The molecule has 3 N–H and O–H groups in total. The van der Waals surface area contributed by atoms with Crippen LogP contribution in [0, 0.1) is 23.6 Å². The summed E-state index contributed by atoms with van der Waals surface area (Å²) in [6, 6.07) is 3.52. The highest BCUT2D eigenvalue weighted by atomic mass is 19.1. The molecule has 1 saturated carbocycles. The van der Waals surface area contributed by atoms with E-state index in [0.717, 1.165) is 18.6 Å². The first-order valence-corrected chi connectivity index (χ1v) is 6.94. The third kappa shape index (κ3) is 3.32. The lowest BCUT2D eigenvalue weighted by Gasteiger charge is -2.15. The summed E-state index contributed by atoms with van der Waals surface area (Å²) >= 11 is 0. The van der Waals surface area contributed by atoms with Crippen molar-refractivity contribution in [3.8, 4) is 5.75 Å². The highest BCUT2D eigenvalue weighted by molar-refractivity contribution is 5.95. The number of carbonyl (C=O) groups is 2. The molecule has 0 bridgehead atoms. The molecule has 0 saturated heterocycles. The normalized spacial score (nSPS) is 24.8. The Balaban J connectivity index is 2.11. The Kier molecular flexibility index (Phi) is 4.45. The number of aromatic hydroxyl groups is 1. The standard InChI is InChI=1S/C15H18FNO4/c1-2-8-5-10(11(6-8)15(20)21)14(19)17-9-3-4-13(18)12(16)7-9/h3-4,7-8,10-11,18H,2,5-6H2,1H3,(H,17,19)(H,20,21). The van der Waals surface area contributed by atoms with Crippen molar-refractivity contribution in [3.05, 3.63) is 24.0 Å². The summed E-state index contributed by atoms with van der Waals surface area (Å²) in [6.07, 6.45) is 1.86. The van der Waals surface area contributed by atoms with E-state index in [1.165, 1.54) is 6.07 Å². The number of rotatable bonds is 4. The molecule has 3 atom stereocenters. The van der Waals surface area contributed by atoms with Gasteiger partial charge in [-0.1, -0.05) is 13.3 Å². The molecule has 1 aliphatic rings. The maximum atomic E-state index is 13.2. The van der Waals surface area contributed by atoms with Crippen LogP contribution in [0.3, 0.4) is 0 Å². The molecular formula is C15H18FNO4. The van der Waals surface area contributed by atoms with Crippen LogP contribution in [0.15, 0.2) is 18.2 Å². The molecule has 1 aliphatic carbocycles. The number of halogens is 1. The Bertz CT molecular complexity index is 561. The Morgan fingerprint density at radius 2 is 2.00 bits per heavy atom. The van der Waals surface area contributed by atoms with Crippen molar-refractivity contribution in [2.45, 2.75) is 26.2 Å². The highest BCUT2D eigenvalue weighted by Crippen LogP contribution is 2.39. The molecule has 5 nitrogen and oxygen atoms in total. The van der Waals surface area contributed by atoms with Crippen molar-refractivity contribution in [2.75, 3.05) is 5.32 Å². The second kappa shape index (κ2) is 6.11. The zero-order valence-corrected chi connectivity index (χ0v) is 11.7. The summed E-state index contributed by atoms with van der Waals surface area (Å²) in [5, 5.41) is 20.9. The summed E-state index contributed by atoms with van der Waals surface area (Å²) in [7, 11) is 0. The van der Waals surface area contributed by atoms with Gasteiger partial charge in [0.1, 0.15) is 0 Å². The van der Waals surface area contributed by atoms with Crippen LogP contribution in [-0.2, 0) is 9.59 Å². The van der Waals surface area contributed by atoms with Gasteiger partial charge in [-0.3, -0.25) is 9.59 Å². The Morgan fingerprint density at radius 3 is 2.57 bits per heavy atom. The van der Waals surface area contributed by atoms with Gasteiger partial charge in [-0.25, -0.2) is 4.39 Å². The number of anilines is 1. The molecule has 0 spiro atoms. The van der Waals surface area contributed by atoms with Crippen LogP contribution < -0.4 is 5.32 Å². The van der Waals surface area contributed by atoms with Gasteiger partial charge in [0.25, 0.3) is 0 Å². The van der Waals surface area contributed by atoms with Crippen molar-refractivity contribution in [1.82, 2.24) is 0 Å². The van der Waals surface area contributed by atoms with Gasteiger partial charge in [-0.2, -0.15) is 0 Å². The number of aliphatic carboxylic acids is 1. The Labute approximate surface area is 121 Å². The predicted molar refractivity (Wildman–Crippen MR) is 74.3 cm³/mol. The molecule has 1 aromatic carbocycles. The maximum Gasteiger partial charge on any atom is 0.307 e. The monoisotopic (exact) mass is 295 g/mol. The number of carboxylic acids is 1. The first kappa shape index (κ1) is 15.3. The van der Waals surface area contributed by atoms with Gasteiger partial charge < -0.3 is 15.5 Å². The predicted octanol–water partition coefficient (Wildman–Crippen LogP) is 2.61. The second-order valence-electron chi connectivity index (χ2n) is 5.45. The van der Waals surface area contributed by atoms with Gasteiger partial charge in [0, 0.05) is 11.8 Å². The topological polar surface area (TPSA) is 86.6 Å². The molecule has 1 fully saturated rings. The highest BCUT2D eigenvalue weighted by Gasteiger charge is 2.42. The lowest BCUT2D eigenvalue weighted by molar-refractivity contribution is -0.145. The number of nitrogens with one attached hydrogen (secondary N) is 1. The molecule has 0 aliphatic heterocycles. The maximum absolute atomic E-state index is 13.2. The van der Waals surface area contributed by atoms with Crippen LogP contribution in [0.25, 0.3) is 0 Å². The van der Waals surface area contributed by atoms with E-state index in [1.54, 1.807) is 0 Å².